The number of halogens is 4. The van der Waals surface area contributed by atoms with Crippen LogP contribution in [0.1, 0.15) is 24.4 Å². The molecule has 0 bridgehead atoms. The van der Waals surface area contributed by atoms with Gasteiger partial charge in [0.25, 0.3) is 0 Å². The number of H-pyrrole nitrogens is 1. The molecule has 28 heavy (non-hydrogen) atoms. The van der Waals surface area contributed by atoms with Gasteiger partial charge in [-0.25, -0.2) is 9.18 Å². The highest BCUT2D eigenvalue weighted by Gasteiger charge is 2.35. The molecule has 1 aliphatic rings. The van der Waals surface area contributed by atoms with Crippen LogP contribution in [0.15, 0.2) is 16.7 Å². The maximum absolute atomic E-state index is 14.0. The van der Waals surface area contributed by atoms with Crippen LogP contribution in [-0.4, -0.2) is 38.1 Å². The van der Waals surface area contributed by atoms with Crippen molar-refractivity contribution in [3.05, 3.63) is 42.9 Å². The first kappa shape index (κ1) is 19.9. The predicted octanol–water partition coefficient (Wildman–Crippen LogP) is 5.01. The molecule has 2 aromatic heterocycles. The van der Waals surface area contributed by atoms with Gasteiger partial charge in [-0.1, -0.05) is 23.2 Å². The Labute approximate surface area is 182 Å². The van der Waals surface area contributed by atoms with E-state index in [9.17, 15) is 9.18 Å². The first-order valence-corrected chi connectivity index (χ1v) is 10.4. The van der Waals surface area contributed by atoms with E-state index in [0.717, 1.165) is 0 Å². The Morgan fingerprint density at radius 2 is 2.32 bits per heavy atom. The van der Waals surface area contributed by atoms with Crippen molar-refractivity contribution in [3.8, 4) is 0 Å². The number of imidazole rings is 1. The van der Waals surface area contributed by atoms with Gasteiger partial charge in [-0.3, -0.25) is 4.68 Å². The molecule has 0 spiro atoms. The van der Waals surface area contributed by atoms with Gasteiger partial charge in [-0.15, -0.1) is 0 Å². The molecule has 0 saturated carbocycles. The molecule has 148 valence electrons. The average Bonchev–Trinajstić information content (AvgIpc) is 3.30. The third-order valence-corrected chi connectivity index (χ3v) is 6.50. The summed E-state index contributed by atoms with van der Waals surface area (Å²) < 4.78 is 23.3. The lowest BCUT2D eigenvalue weighted by Crippen LogP contribution is -2.25. The van der Waals surface area contributed by atoms with Crippen LogP contribution in [0.5, 0.6) is 0 Å². The standard InChI is InChI=1S/C17H14BrCl2FN4O2S/c1-2-27-16(26)15(14-11-3-7(21)5-24(11)17(28)22-14)25-6-8-10(19)4-9(18)12(20)13(8)23-25/h4,6-7,15H,2-3,5H2,1H3,(H,22,28)/t7-,15?/m1/s1. The number of carbonyl (C=O) groups excluding carboxylic acids is 1. The van der Waals surface area contributed by atoms with Crippen LogP contribution >= 0.6 is 51.3 Å². The zero-order chi connectivity index (χ0) is 20.2. The number of fused-ring (bicyclic) bond motifs is 2. The summed E-state index contributed by atoms with van der Waals surface area (Å²) in [4.78, 5) is 15.9. The summed E-state index contributed by atoms with van der Waals surface area (Å²) >= 11 is 21.3. The van der Waals surface area contributed by atoms with E-state index < -0.39 is 18.2 Å². The van der Waals surface area contributed by atoms with Gasteiger partial charge < -0.3 is 14.3 Å². The third-order valence-electron chi connectivity index (χ3n) is 4.63. The van der Waals surface area contributed by atoms with Crippen molar-refractivity contribution in [1.29, 1.82) is 0 Å². The van der Waals surface area contributed by atoms with E-state index >= 15 is 0 Å². The quantitative estimate of drug-likeness (QED) is 0.306. The number of esters is 1. The van der Waals surface area contributed by atoms with Gasteiger partial charge in [0.05, 0.1) is 28.9 Å². The van der Waals surface area contributed by atoms with Gasteiger partial charge in [-0.05, 0) is 41.1 Å². The highest BCUT2D eigenvalue weighted by molar-refractivity contribution is 9.10. The van der Waals surface area contributed by atoms with Crippen LogP contribution in [0.2, 0.25) is 10.0 Å². The van der Waals surface area contributed by atoms with Gasteiger partial charge in [0, 0.05) is 28.2 Å². The molecule has 0 amide bonds. The van der Waals surface area contributed by atoms with E-state index in [2.05, 4.69) is 26.0 Å². The molecular weight excluding hydrogens is 494 g/mol. The van der Waals surface area contributed by atoms with Gasteiger partial charge in [0.1, 0.15) is 11.7 Å². The number of benzene rings is 1. The minimum Gasteiger partial charge on any atom is -0.464 e. The molecule has 3 heterocycles. The Balaban J connectivity index is 1.92. The minimum atomic E-state index is -1.05. The Kier molecular flexibility index (Phi) is 5.28. The van der Waals surface area contributed by atoms with E-state index in [1.165, 1.54) is 4.68 Å². The fraction of sp³-hybridized carbons (Fsp3) is 0.353. The summed E-state index contributed by atoms with van der Waals surface area (Å²) in [5, 5.41) is 5.87. The zero-order valence-corrected chi connectivity index (χ0v) is 18.4. The second kappa shape index (κ2) is 7.44. The van der Waals surface area contributed by atoms with Crippen molar-refractivity contribution in [1.82, 2.24) is 19.3 Å². The van der Waals surface area contributed by atoms with Crippen molar-refractivity contribution in [2.75, 3.05) is 6.61 Å². The number of nitrogens with one attached hydrogen (secondary N) is 1. The first-order valence-electron chi connectivity index (χ1n) is 8.46. The highest BCUT2D eigenvalue weighted by atomic mass is 79.9. The third kappa shape index (κ3) is 3.18. The second-order valence-electron chi connectivity index (χ2n) is 6.38. The molecule has 6 nitrogen and oxygen atoms in total. The monoisotopic (exact) mass is 506 g/mol. The minimum absolute atomic E-state index is 0.159. The van der Waals surface area contributed by atoms with Crippen LogP contribution in [0.4, 0.5) is 4.39 Å². The smallest absolute Gasteiger partial charge is 0.337 e. The van der Waals surface area contributed by atoms with Crippen molar-refractivity contribution >= 4 is 68.2 Å². The maximum Gasteiger partial charge on any atom is 0.337 e. The first-order chi connectivity index (χ1) is 13.3. The lowest BCUT2D eigenvalue weighted by Gasteiger charge is -2.16. The topological polar surface area (TPSA) is 64.8 Å². The van der Waals surface area contributed by atoms with E-state index in [4.69, 9.17) is 40.2 Å². The Morgan fingerprint density at radius 1 is 1.57 bits per heavy atom. The van der Waals surface area contributed by atoms with Crippen molar-refractivity contribution < 1.29 is 13.9 Å². The molecule has 0 fully saturated rings. The predicted molar refractivity (Wildman–Crippen MR) is 110 cm³/mol. The fourth-order valence-corrected chi connectivity index (χ4v) is 4.73. The lowest BCUT2D eigenvalue weighted by molar-refractivity contribution is -0.146. The van der Waals surface area contributed by atoms with Gasteiger partial charge >= 0.3 is 5.97 Å². The number of carbonyl (C=O) groups is 1. The van der Waals surface area contributed by atoms with E-state index in [1.54, 1.807) is 23.8 Å². The summed E-state index contributed by atoms with van der Waals surface area (Å²) in [6.07, 6.45) is 0.733. The molecule has 1 aliphatic heterocycles. The van der Waals surface area contributed by atoms with Crippen LogP contribution < -0.4 is 0 Å². The van der Waals surface area contributed by atoms with Gasteiger partial charge in [0.2, 0.25) is 0 Å². The molecule has 0 aliphatic carbocycles. The average molecular weight is 508 g/mol. The Bertz CT molecular complexity index is 1160. The Morgan fingerprint density at radius 3 is 3.04 bits per heavy atom. The SMILES string of the molecule is CCOC(=O)C(c1[nH]c(=S)n2c1C[C@@H](F)C2)n1cc2c(Cl)cc(Br)c(Cl)c2n1. The molecule has 1 N–H and O–H groups in total. The zero-order valence-electron chi connectivity index (χ0n) is 14.5. The molecule has 0 saturated heterocycles. The normalized spacial score (nSPS) is 17.1. The van der Waals surface area contributed by atoms with Crippen LogP contribution in [-0.2, 0) is 22.5 Å². The molecule has 11 heteroatoms. The summed E-state index contributed by atoms with van der Waals surface area (Å²) in [5.74, 6) is -0.538. The number of alkyl halides is 1. The van der Waals surface area contributed by atoms with Crippen molar-refractivity contribution in [2.24, 2.45) is 0 Å². The van der Waals surface area contributed by atoms with Crippen molar-refractivity contribution in [3.63, 3.8) is 0 Å². The molecule has 1 unspecified atom stereocenters. The fourth-order valence-electron chi connectivity index (χ4n) is 3.44. The van der Waals surface area contributed by atoms with E-state index in [1.807, 2.05) is 0 Å². The molecule has 1 aromatic carbocycles. The summed E-state index contributed by atoms with van der Waals surface area (Å²) in [6.45, 7) is 2.06. The largest absolute Gasteiger partial charge is 0.464 e. The van der Waals surface area contributed by atoms with Crippen LogP contribution in [0.25, 0.3) is 10.9 Å². The van der Waals surface area contributed by atoms with Crippen LogP contribution in [0, 0.1) is 4.77 Å². The van der Waals surface area contributed by atoms with Gasteiger partial charge in [-0.2, -0.15) is 5.10 Å². The number of aromatic nitrogens is 4. The molecule has 2 atom stereocenters. The van der Waals surface area contributed by atoms with Crippen molar-refractivity contribution in [2.45, 2.75) is 32.1 Å². The highest BCUT2D eigenvalue weighted by Crippen LogP contribution is 2.37. The second-order valence-corrected chi connectivity index (χ2v) is 8.41. The maximum atomic E-state index is 14.0. The van der Waals surface area contributed by atoms with Gasteiger partial charge in [0.15, 0.2) is 10.8 Å². The Hall–Kier alpha value is -1.42. The summed E-state index contributed by atoms with van der Waals surface area (Å²) in [6, 6.07) is 0.691. The molecular formula is C17H14BrCl2FN4O2S. The van der Waals surface area contributed by atoms with E-state index in [-0.39, 0.29) is 19.6 Å². The molecule has 0 radical (unpaired) electrons. The molecule has 3 aromatic rings. The van der Waals surface area contributed by atoms with E-state index in [0.29, 0.717) is 41.6 Å². The number of hydrogen-bond donors (Lipinski definition) is 1. The number of ether oxygens (including phenoxy) is 1. The number of nitrogens with zero attached hydrogens (tertiary/aromatic N) is 3. The van der Waals surface area contributed by atoms with Crippen LogP contribution in [0.3, 0.4) is 0 Å². The summed E-state index contributed by atoms with van der Waals surface area (Å²) in [7, 11) is 0. The summed E-state index contributed by atoms with van der Waals surface area (Å²) in [5.41, 5.74) is 1.53. The number of aromatic amines is 1. The molecule has 4 rings (SSSR count). The number of rotatable bonds is 4. The lowest BCUT2D eigenvalue weighted by atomic mass is 10.1. The number of hydrogen-bond acceptors (Lipinski definition) is 4.